The second-order valence-corrected chi connectivity index (χ2v) is 39.2. The molecular formula is C125H113BClN6-. The van der Waals surface area contributed by atoms with Crippen LogP contribution in [-0.2, 0) is 21.7 Å². The SMILES string of the molecule is CC(C)(C)c1ccc(N(c2ccc(C(C)(C)C)cc2)c2cc(N(c3ccccc3)c3ccccc3)cc(N(c3cccc(-c4ccccc4)c3)c3cccc(-c4ccccc4)c3)c2Cl)cc1.CC(C)(C)c1ccc(N2c3ccc(C(C)(C)C)cc3B3c4ccc(-c5ccccc5)cc4N(c4cccc(-c5ccccc5)c4)c4cc(N(c5ccccc5)c5ccccc5)cc2c43)cc1.[CH3-]. The van der Waals surface area contributed by atoms with E-state index in [0.717, 1.165) is 108 Å². The van der Waals surface area contributed by atoms with E-state index in [4.69, 9.17) is 11.6 Å². The molecular weight excluding hydrogens is 1630 g/mol. The molecule has 0 spiro atoms. The zero-order valence-corrected chi connectivity index (χ0v) is 79.1. The first kappa shape index (κ1) is 88.7. The minimum absolute atomic E-state index is 0. The summed E-state index contributed by atoms with van der Waals surface area (Å²) < 4.78 is 0. The Balaban J connectivity index is 0.000000177. The van der Waals surface area contributed by atoms with Gasteiger partial charge in [-0.25, -0.2) is 0 Å². The summed E-state index contributed by atoms with van der Waals surface area (Å²) in [4.78, 5) is 14.5. The molecule has 18 aromatic carbocycles. The summed E-state index contributed by atoms with van der Waals surface area (Å²) in [6, 6.07) is 163. The summed E-state index contributed by atoms with van der Waals surface area (Å²) in [5.74, 6) is 0. The van der Waals surface area contributed by atoms with Gasteiger partial charge < -0.3 is 36.8 Å². The first-order valence-electron chi connectivity index (χ1n) is 46.1. The Kier molecular flexibility index (Phi) is 24.8. The van der Waals surface area contributed by atoms with E-state index in [1.54, 1.807) is 0 Å². The van der Waals surface area contributed by atoms with Crippen molar-refractivity contribution < 1.29 is 0 Å². The number of benzene rings is 18. The molecule has 654 valence electrons. The maximum Gasteiger partial charge on any atom is 0.252 e. The van der Waals surface area contributed by atoms with Crippen LogP contribution in [0.4, 0.5) is 102 Å². The van der Waals surface area contributed by atoms with Crippen molar-refractivity contribution >= 4 is 137 Å². The molecule has 0 saturated heterocycles. The van der Waals surface area contributed by atoms with Crippen LogP contribution >= 0.6 is 11.6 Å². The number of hydrogen-bond donors (Lipinski definition) is 0. The van der Waals surface area contributed by atoms with Gasteiger partial charge in [0.2, 0.25) is 0 Å². The fraction of sp³-hybridized carbons (Fsp3) is 0.128. The molecule has 0 bridgehead atoms. The van der Waals surface area contributed by atoms with Crippen molar-refractivity contribution in [1.82, 2.24) is 0 Å². The lowest BCUT2D eigenvalue weighted by atomic mass is 9.33. The highest BCUT2D eigenvalue weighted by molar-refractivity contribution is 7.00. The van der Waals surface area contributed by atoms with E-state index < -0.39 is 0 Å². The topological polar surface area (TPSA) is 19.4 Å². The molecule has 0 atom stereocenters. The molecule has 2 aliphatic rings. The highest BCUT2D eigenvalue weighted by atomic mass is 35.5. The second-order valence-electron chi connectivity index (χ2n) is 38.8. The third-order valence-electron chi connectivity index (χ3n) is 25.7. The van der Waals surface area contributed by atoms with Crippen LogP contribution in [0.2, 0.25) is 5.02 Å². The second kappa shape index (κ2) is 37.2. The number of halogens is 1. The van der Waals surface area contributed by atoms with Crippen LogP contribution in [-0.4, -0.2) is 6.71 Å². The van der Waals surface area contributed by atoms with Crippen molar-refractivity contribution in [3.8, 4) is 44.5 Å². The van der Waals surface area contributed by atoms with Gasteiger partial charge >= 0.3 is 0 Å². The first-order chi connectivity index (χ1) is 63.9. The monoisotopic (exact) mass is 1740 g/mol. The molecule has 2 heterocycles. The normalized spacial score (nSPS) is 12.1. The van der Waals surface area contributed by atoms with E-state index in [2.05, 4.69) is 561 Å². The molecule has 20 rings (SSSR count). The minimum atomic E-state index is -0.0500. The first-order valence-corrected chi connectivity index (χ1v) is 46.5. The van der Waals surface area contributed by atoms with Crippen molar-refractivity contribution in [2.24, 2.45) is 0 Å². The highest BCUT2D eigenvalue weighted by Gasteiger charge is 2.45. The van der Waals surface area contributed by atoms with Crippen molar-refractivity contribution in [3.63, 3.8) is 0 Å². The molecule has 0 aromatic heterocycles. The zero-order valence-electron chi connectivity index (χ0n) is 78.4. The molecule has 6 nitrogen and oxygen atoms in total. The Labute approximate surface area is 793 Å². The molecule has 18 aromatic rings. The lowest BCUT2D eigenvalue weighted by Crippen LogP contribution is -2.61. The molecule has 0 amide bonds. The molecule has 133 heavy (non-hydrogen) atoms. The van der Waals surface area contributed by atoms with Gasteiger partial charge in [0.05, 0.1) is 27.8 Å². The summed E-state index contributed by atoms with van der Waals surface area (Å²) >= 11 is 8.19. The van der Waals surface area contributed by atoms with Crippen LogP contribution in [0.15, 0.2) is 449 Å². The molecule has 0 fully saturated rings. The zero-order chi connectivity index (χ0) is 91.0. The van der Waals surface area contributed by atoms with E-state index in [-0.39, 0.29) is 35.8 Å². The molecule has 0 radical (unpaired) electrons. The predicted molar refractivity (Wildman–Crippen MR) is 574 cm³/mol. The summed E-state index contributed by atoms with van der Waals surface area (Å²) in [6.45, 7) is 27.4. The molecule has 0 unspecified atom stereocenters. The Morgan fingerprint density at radius 3 is 0.887 bits per heavy atom. The standard InChI is InChI=1S/C62H54BN3.C62H56ClN3.CH3/c1-61(2,3)47-31-34-51(35-32-47)65-56-37-33-48(62(4,5)6)40-55(56)63-54-36-30-46(44-22-13-8-14-23-44)39-57(54)66(52-29-19-24-45(38-52)43-20-11-7-12-21-43)59-42-53(41-58(65)60(59)63)64(49-25-15-9-16-26-49)50-27-17-10-18-28-50;1-61(2,3)49-33-37-53(38-34-49)65(54-39-35-50(36-40-54)62(4,5)6)58-43-57(64(51-27-15-9-16-28-51)52-29-17-10-18-30-52)44-59(60(58)63)66(55-31-19-25-47(41-55)45-21-11-7-12-22-45)56-32-20-26-48(42-56)46-23-13-8-14-24-46;/h7-42H,1-6H3;7-44H,1-6H3;1H3/q;;-1. The molecule has 0 aliphatic carbocycles. The van der Waals surface area contributed by atoms with Crippen molar-refractivity contribution in [3.05, 3.63) is 484 Å². The van der Waals surface area contributed by atoms with Gasteiger partial charge in [0.25, 0.3) is 6.71 Å². The Hall–Kier alpha value is -14.9. The lowest BCUT2D eigenvalue weighted by molar-refractivity contribution is 0.590. The van der Waals surface area contributed by atoms with Crippen molar-refractivity contribution in [1.29, 1.82) is 0 Å². The van der Waals surface area contributed by atoms with Crippen LogP contribution in [0, 0.1) is 7.43 Å². The summed E-state index contributed by atoms with van der Waals surface area (Å²) in [5, 5.41) is 0.606. The largest absolute Gasteiger partial charge is 0.358 e. The van der Waals surface area contributed by atoms with Gasteiger partial charge in [-0.05, 0) is 263 Å². The average molecular weight is 1750 g/mol. The number of anilines is 18. The van der Waals surface area contributed by atoms with Gasteiger partial charge in [0.15, 0.2) is 0 Å². The van der Waals surface area contributed by atoms with Gasteiger partial charge in [-0.1, -0.05) is 386 Å². The van der Waals surface area contributed by atoms with Crippen LogP contribution in [0.5, 0.6) is 0 Å². The van der Waals surface area contributed by atoms with E-state index in [9.17, 15) is 0 Å². The number of nitrogens with zero attached hydrogens (tertiary/aromatic N) is 6. The van der Waals surface area contributed by atoms with E-state index in [1.165, 1.54) is 78.0 Å². The molecule has 2 aliphatic heterocycles. The Morgan fingerprint density at radius 1 is 0.203 bits per heavy atom. The Morgan fingerprint density at radius 2 is 0.504 bits per heavy atom. The number of hydrogen-bond acceptors (Lipinski definition) is 6. The van der Waals surface area contributed by atoms with Crippen molar-refractivity contribution in [2.75, 3.05) is 29.4 Å². The third-order valence-corrected chi connectivity index (χ3v) is 26.1. The lowest BCUT2D eigenvalue weighted by Gasteiger charge is -2.45. The summed E-state index contributed by atoms with van der Waals surface area (Å²) in [7, 11) is 0. The predicted octanol–water partition coefficient (Wildman–Crippen LogP) is 34.3. The fourth-order valence-electron chi connectivity index (χ4n) is 18.7. The number of fused-ring (bicyclic) bond motifs is 4. The molecule has 0 saturated carbocycles. The van der Waals surface area contributed by atoms with E-state index in [0.29, 0.717) is 5.02 Å². The third kappa shape index (κ3) is 18.3. The summed E-state index contributed by atoms with van der Waals surface area (Å²) in [5.41, 5.74) is 37.2. The maximum atomic E-state index is 8.19. The highest BCUT2D eigenvalue weighted by Crippen LogP contribution is 2.55. The van der Waals surface area contributed by atoms with Crippen LogP contribution in [0.1, 0.15) is 105 Å². The Bertz CT molecular complexity index is 6790. The van der Waals surface area contributed by atoms with Gasteiger partial charge in [-0.3, -0.25) is 0 Å². The van der Waals surface area contributed by atoms with Crippen LogP contribution in [0.3, 0.4) is 0 Å². The van der Waals surface area contributed by atoms with Crippen LogP contribution in [0.25, 0.3) is 44.5 Å². The fourth-order valence-corrected chi connectivity index (χ4v) is 19.0. The number of para-hydroxylation sites is 4. The smallest absolute Gasteiger partial charge is 0.252 e. The van der Waals surface area contributed by atoms with Gasteiger partial charge in [-0.15, -0.1) is 0 Å². The molecule has 8 heteroatoms. The van der Waals surface area contributed by atoms with Gasteiger partial charge in [0.1, 0.15) is 0 Å². The average Bonchev–Trinajstić information content (AvgIpc) is 0.691. The quantitative estimate of drug-likeness (QED) is 0.0625. The molecule has 0 N–H and O–H groups in total. The number of rotatable bonds is 18. The van der Waals surface area contributed by atoms with Crippen molar-refractivity contribution in [2.45, 2.75) is 105 Å². The van der Waals surface area contributed by atoms with Gasteiger partial charge in [-0.2, -0.15) is 0 Å². The van der Waals surface area contributed by atoms with E-state index in [1.807, 2.05) is 0 Å². The minimum Gasteiger partial charge on any atom is -0.358 e. The maximum absolute atomic E-state index is 8.19. The van der Waals surface area contributed by atoms with Crippen LogP contribution < -0.4 is 45.8 Å². The van der Waals surface area contributed by atoms with E-state index >= 15 is 0 Å². The summed E-state index contributed by atoms with van der Waals surface area (Å²) in [6.07, 6.45) is 0. The van der Waals surface area contributed by atoms with Gasteiger partial charge in [0, 0.05) is 79.6 Å².